The molecule has 1 amide bonds. The number of amides is 1. The fourth-order valence-corrected chi connectivity index (χ4v) is 2.62. The zero-order valence-electron chi connectivity index (χ0n) is 13.7. The zero-order chi connectivity index (χ0) is 17.1. The number of hydrogen-bond donors (Lipinski definition) is 1. The number of hydrogen-bond acceptors (Lipinski definition) is 4. The minimum Gasteiger partial charge on any atom is -0.345 e. The van der Waals surface area contributed by atoms with Gasteiger partial charge in [0.1, 0.15) is 0 Å². The van der Waals surface area contributed by atoms with Gasteiger partial charge >= 0.3 is 0 Å². The van der Waals surface area contributed by atoms with Gasteiger partial charge in [0.2, 0.25) is 0 Å². The summed E-state index contributed by atoms with van der Waals surface area (Å²) >= 11 is 0. The summed E-state index contributed by atoms with van der Waals surface area (Å²) in [6.07, 6.45) is 1.74. The van der Waals surface area contributed by atoms with Crippen LogP contribution in [0, 0.1) is 24.0 Å². The molecule has 1 aromatic carbocycles. The molecule has 0 aliphatic carbocycles. The second-order valence-electron chi connectivity index (χ2n) is 5.40. The standard InChI is InChI=1S/C16H20N4O3/c1-5-19-12(4)14(9-17-19)11(3)18-16(21)13-7-6-8-15(10(13)2)20(22)23/h6-9,11H,5H2,1-4H3,(H,18,21). The largest absolute Gasteiger partial charge is 0.345 e. The molecule has 0 radical (unpaired) electrons. The van der Waals surface area contributed by atoms with Gasteiger partial charge in [0.25, 0.3) is 11.6 Å². The lowest BCUT2D eigenvalue weighted by Crippen LogP contribution is -2.27. The van der Waals surface area contributed by atoms with E-state index in [1.807, 2.05) is 25.5 Å². The summed E-state index contributed by atoms with van der Waals surface area (Å²) in [5.41, 5.74) is 2.55. The minimum absolute atomic E-state index is 0.0553. The van der Waals surface area contributed by atoms with Crippen LogP contribution < -0.4 is 5.32 Å². The average molecular weight is 316 g/mol. The molecule has 1 unspecified atom stereocenters. The average Bonchev–Trinajstić information content (AvgIpc) is 2.87. The van der Waals surface area contributed by atoms with Crippen molar-refractivity contribution in [3.8, 4) is 0 Å². The van der Waals surface area contributed by atoms with Crippen LogP contribution in [0.5, 0.6) is 0 Å². The van der Waals surface area contributed by atoms with Gasteiger partial charge in [-0.2, -0.15) is 5.10 Å². The second-order valence-corrected chi connectivity index (χ2v) is 5.40. The van der Waals surface area contributed by atoms with Crippen molar-refractivity contribution in [2.75, 3.05) is 0 Å². The van der Waals surface area contributed by atoms with E-state index in [9.17, 15) is 14.9 Å². The van der Waals surface area contributed by atoms with Crippen LogP contribution in [0.3, 0.4) is 0 Å². The Kier molecular flexibility index (Phi) is 4.78. The van der Waals surface area contributed by atoms with Crippen molar-refractivity contribution in [2.24, 2.45) is 0 Å². The predicted molar refractivity (Wildman–Crippen MR) is 86.4 cm³/mol. The Balaban J connectivity index is 2.23. The van der Waals surface area contributed by atoms with Gasteiger partial charge in [-0.1, -0.05) is 6.07 Å². The highest BCUT2D eigenvalue weighted by atomic mass is 16.6. The van der Waals surface area contributed by atoms with Crippen molar-refractivity contribution in [1.82, 2.24) is 15.1 Å². The quantitative estimate of drug-likeness (QED) is 0.678. The van der Waals surface area contributed by atoms with E-state index in [1.165, 1.54) is 12.1 Å². The molecule has 0 bridgehead atoms. The normalized spacial score (nSPS) is 12.0. The SMILES string of the molecule is CCn1ncc(C(C)NC(=O)c2cccc([N+](=O)[O-])c2C)c1C. The Morgan fingerprint density at radius 1 is 1.43 bits per heavy atom. The molecule has 1 N–H and O–H groups in total. The van der Waals surface area contributed by atoms with Gasteiger partial charge in [0.15, 0.2) is 0 Å². The molecule has 0 fully saturated rings. The lowest BCUT2D eigenvalue weighted by molar-refractivity contribution is -0.385. The maximum absolute atomic E-state index is 12.5. The van der Waals surface area contributed by atoms with Crippen LogP contribution >= 0.6 is 0 Å². The molecule has 2 aromatic rings. The number of carbonyl (C=O) groups excluding carboxylic acids is 1. The lowest BCUT2D eigenvalue weighted by atomic mass is 10.0. The highest BCUT2D eigenvalue weighted by Crippen LogP contribution is 2.22. The van der Waals surface area contributed by atoms with Crippen molar-refractivity contribution in [3.05, 3.63) is 56.9 Å². The van der Waals surface area contributed by atoms with Gasteiger partial charge in [0.05, 0.1) is 17.2 Å². The zero-order valence-corrected chi connectivity index (χ0v) is 13.7. The van der Waals surface area contributed by atoms with Gasteiger partial charge in [-0.3, -0.25) is 19.6 Å². The fraction of sp³-hybridized carbons (Fsp3) is 0.375. The number of benzene rings is 1. The van der Waals surface area contributed by atoms with Gasteiger partial charge in [0, 0.05) is 35.0 Å². The number of nitro benzene ring substituents is 1. The molecule has 7 heteroatoms. The van der Waals surface area contributed by atoms with Crippen LogP contribution in [-0.4, -0.2) is 20.6 Å². The van der Waals surface area contributed by atoms with E-state index in [0.717, 1.165) is 17.8 Å². The number of nitrogens with one attached hydrogen (secondary N) is 1. The summed E-state index contributed by atoms with van der Waals surface area (Å²) in [5.74, 6) is -0.331. The first-order valence-corrected chi connectivity index (χ1v) is 7.44. The van der Waals surface area contributed by atoms with Crippen molar-refractivity contribution >= 4 is 11.6 Å². The number of nitro groups is 1. The Hall–Kier alpha value is -2.70. The van der Waals surface area contributed by atoms with E-state index in [2.05, 4.69) is 10.4 Å². The Labute approximate surface area is 134 Å². The summed E-state index contributed by atoms with van der Waals surface area (Å²) in [7, 11) is 0. The summed E-state index contributed by atoms with van der Waals surface area (Å²) in [6, 6.07) is 4.27. The van der Waals surface area contributed by atoms with E-state index in [4.69, 9.17) is 0 Å². The number of carbonyl (C=O) groups is 1. The van der Waals surface area contributed by atoms with Crippen molar-refractivity contribution in [1.29, 1.82) is 0 Å². The van der Waals surface area contributed by atoms with Crippen LogP contribution in [0.25, 0.3) is 0 Å². The van der Waals surface area contributed by atoms with Crippen LogP contribution in [0.4, 0.5) is 5.69 Å². The van der Waals surface area contributed by atoms with Gasteiger partial charge in [-0.15, -0.1) is 0 Å². The molecule has 0 aliphatic heterocycles. The van der Waals surface area contributed by atoms with Crippen LogP contribution in [0.1, 0.15) is 47.1 Å². The molecule has 1 atom stereocenters. The van der Waals surface area contributed by atoms with Crippen molar-refractivity contribution in [3.63, 3.8) is 0 Å². The summed E-state index contributed by atoms with van der Waals surface area (Å²) in [6.45, 7) is 8.16. The molecular formula is C16H20N4O3. The predicted octanol–water partition coefficient (Wildman–Crippen LogP) is 2.92. The monoisotopic (exact) mass is 316 g/mol. The van der Waals surface area contributed by atoms with E-state index in [0.29, 0.717) is 11.1 Å². The van der Waals surface area contributed by atoms with E-state index in [1.54, 1.807) is 19.2 Å². The first-order valence-electron chi connectivity index (χ1n) is 7.44. The second kappa shape index (κ2) is 6.60. The molecule has 1 heterocycles. The van der Waals surface area contributed by atoms with Crippen molar-refractivity contribution < 1.29 is 9.72 Å². The number of aromatic nitrogens is 2. The van der Waals surface area contributed by atoms with Crippen LogP contribution in [0.15, 0.2) is 24.4 Å². The molecule has 1 aromatic heterocycles. The molecule has 0 saturated carbocycles. The minimum atomic E-state index is -0.481. The maximum atomic E-state index is 12.5. The molecule has 0 aliphatic rings. The van der Waals surface area contributed by atoms with Crippen LogP contribution in [0.2, 0.25) is 0 Å². The fourth-order valence-electron chi connectivity index (χ4n) is 2.62. The summed E-state index contributed by atoms with van der Waals surface area (Å²) in [4.78, 5) is 23.0. The van der Waals surface area contributed by atoms with E-state index in [-0.39, 0.29) is 17.6 Å². The maximum Gasteiger partial charge on any atom is 0.273 e. The first kappa shape index (κ1) is 16.7. The molecule has 0 saturated heterocycles. The number of rotatable bonds is 5. The highest BCUT2D eigenvalue weighted by Gasteiger charge is 2.20. The highest BCUT2D eigenvalue weighted by molar-refractivity contribution is 5.96. The molecule has 7 nitrogen and oxygen atoms in total. The first-order chi connectivity index (χ1) is 10.9. The summed E-state index contributed by atoms with van der Waals surface area (Å²) in [5, 5.41) is 18.1. The van der Waals surface area contributed by atoms with Gasteiger partial charge in [-0.05, 0) is 33.8 Å². The Bertz CT molecular complexity index is 752. The third-order valence-electron chi connectivity index (χ3n) is 4.00. The smallest absolute Gasteiger partial charge is 0.273 e. The molecule has 122 valence electrons. The molecule has 2 rings (SSSR count). The van der Waals surface area contributed by atoms with E-state index < -0.39 is 4.92 Å². The third kappa shape index (κ3) is 3.23. The lowest BCUT2D eigenvalue weighted by Gasteiger charge is -2.15. The molecule has 0 spiro atoms. The third-order valence-corrected chi connectivity index (χ3v) is 4.00. The molecular weight excluding hydrogens is 296 g/mol. The van der Waals surface area contributed by atoms with Gasteiger partial charge < -0.3 is 5.32 Å². The topological polar surface area (TPSA) is 90.1 Å². The Morgan fingerprint density at radius 3 is 2.70 bits per heavy atom. The number of nitrogens with zero attached hydrogens (tertiary/aromatic N) is 3. The Morgan fingerprint density at radius 2 is 2.13 bits per heavy atom. The number of aryl methyl sites for hydroxylation is 1. The summed E-state index contributed by atoms with van der Waals surface area (Å²) < 4.78 is 1.86. The van der Waals surface area contributed by atoms with Gasteiger partial charge in [-0.25, -0.2) is 0 Å². The van der Waals surface area contributed by atoms with Crippen molar-refractivity contribution in [2.45, 2.75) is 40.3 Å². The van der Waals surface area contributed by atoms with Crippen LogP contribution in [-0.2, 0) is 6.54 Å². The molecule has 23 heavy (non-hydrogen) atoms. The van der Waals surface area contributed by atoms with E-state index >= 15 is 0 Å².